The number of likely N-dealkylation sites (tertiary alicyclic amines) is 1. The maximum Gasteiger partial charge on any atom is 0.0290 e. The van der Waals surface area contributed by atoms with E-state index in [0.29, 0.717) is 18.1 Å². The van der Waals surface area contributed by atoms with Crippen LogP contribution in [0.2, 0.25) is 0 Å². The molecule has 148 valence electrons. The molecule has 3 heterocycles. The summed E-state index contributed by atoms with van der Waals surface area (Å²) in [5.74, 6) is 3.30. The zero-order chi connectivity index (χ0) is 19.1. The molecule has 0 amide bonds. The summed E-state index contributed by atoms with van der Waals surface area (Å²) in [6, 6.07) is 24.4. The van der Waals surface area contributed by atoms with Crippen molar-refractivity contribution < 1.29 is 0 Å². The number of fused-ring (bicyclic) bond motifs is 1. The van der Waals surface area contributed by atoms with Crippen LogP contribution in [0.25, 0.3) is 0 Å². The Bertz CT molecular complexity index is 772. The van der Waals surface area contributed by atoms with Gasteiger partial charge < -0.3 is 5.32 Å². The zero-order valence-corrected chi connectivity index (χ0v) is 17.3. The highest BCUT2D eigenvalue weighted by Crippen LogP contribution is 2.52. The number of hydrogen-bond acceptors (Lipinski definition) is 2. The van der Waals surface area contributed by atoms with E-state index in [4.69, 9.17) is 0 Å². The van der Waals surface area contributed by atoms with E-state index in [-0.39, 0.29) is 0 Å². The van der Waals surface area contributed by atoms with Crippen LogP contribution >= 0.6 is 0 Å². The van der Waals surface area contributed by atoms with Gasteiger partial charge in [-0.25, -0.2) is 0 Å². The summed E-state index contributed by atoms with van der Waals surface area (Å²) in [5.41, 5.74) is 2.96. The van der Waals surface area contributed by atoms with Gasteiger partial charge in [0, 0.05) is 24.7 Å². The predicted octanol–water partition coefficient (Wildman–Crippen LogP) is 4.75. The molecule has 6 rings (SSSR count). The molecule has 28 heavy (non-hydrogen) atoms. The predicted molar refractivity (Wildman–Crippen MR) is 116 cm³/mol. The van der Waals surface area contributed by atoms with E-state index in [0.717, 1.165) is 30.2 Å². The zero-order valence-electron chi connectivity index (χ0n) is 17.3. The molecule has 4 aliphatic rings. The van der Waals surface area contributed by atoms with Crippen molar-refractivity contribution in [1.82, 2.24) is 10.2 Å². The van der Waals surface area contributed by atoms with Crippen LogP contribution in [0.1, 0.15) is 37.8 Å². The largest absolute Gasteiger partial charge is 0.312 e. The van der Waals surface area contributed by atoms with Gasteiger partial charge in [-0.05, 0) is 60.6 Å². The van der Waals surface area contributed by atoms with Gasteiger partial charge in [0.1, 0.15) is 0 Å². The van der Waals surface area contributed by atoms with Crippen molar-refractivity contribution in [2.75, 3.05) is 6.54 Å². The lowest BCUT2D eigenvalue weighted by molar-refractivity contribution is 0.0378. The van der Waals surface area contributed by atoms with Crippen LogP contribution in [0.4, 0.5) is 0 Å². The van der Waals surface area contributed by atoms with E-state index in [1.807, 2.05) is 0 Å². The summed E-state index contributed by atoms with van der Waals surface area (Å²) in [5, 5.41) is 3.97. The summed E-state index contributed by atoms with van der Waals surface area (Å²) in [4.78, 5) is 2.91. The van der Waals surface area contributed by atoms with E-state index in [9.17, 15) is 0 Å². The highest BCUT2D eigenvalue weighted by Gasteiger charge is 2.59. The van der Waals surface area contributed by atoms with E-state index >= 15 is 0 Å². The molecule has 0 radical (unpaired) electrons. The minimum Gasteiger partial charge on any atom is -0.312 e. The number of piperidine rings is 2. The number of nitrogens with zero attached hydrogens (tertiary/aromatic N) is 1. The first-order valence-corrected chi connectivity index (χ1v) is 11.3. The Morgan fingerprint density at radius 1 is 0.964 bits per heavy atom. The summed E-state index contributed by atoms with van der Waals surface area (Å²) in [6.45, 7) is 7.15. The molecule has 3 aliphatic heterocycles. The molecular weight excluding hydrogens is 340 g/mol. The second-order valence-electron chi connectivity index (χ2n) is 9.79. The van der Waals surface area contributed by atoms with Gasteiger partial charge in [-0.3, -0.25) is 4.90 Å². The number of benzene rings is 2. The molecule has 1 aliphatic carbocycles. The van der Waals surface area contributed by atoms with Crippen molar-refractivity contribution in [3.05, 3.63) is 71.8 Å². The smallest absolute Gasteiger partial charge is 0.0290 e. The van der Waals surface area contributed by atoms with Crippen LogP contribution in [0.15, 0.2) is 60.7 Å². The Labute approximate surface area is 170 Å². The summed E-state index contributed by atoms with van der Waals surface area (Å²) in [6.07, 6.45) is 3.99. The molecule has 2 nitrogen and oxygen atoms in total. The molecule has 6 atom stereocenters. The molecule has 2 aromatic rings. The topological polar surface area (TPSA) is 15.3 Å². The molecule has 4 fully saturated rings. The summed E-state index contributed by atoms with van der Waals surface area (Å²) >= 11 is 0. The van der Waals surface area contributed by atoms with Crippen molar-refractivity contribution in [1.29, 1.82) is 0 Å². The SMILES string of the molecule is CC(C)CC1C2CNC3C(C2)C(Cc2ccccc2)N(Cc2ccccc2)C13. The Morgan fingerprint density at radius 3 is 2.32 bits per heavy atom. The molecule has 1 saturated carbocycles. The van der Waals surface area contributed by atoms with Gasteiger partial charge in [0.15, 0.2) is 0 Å². The minimum atomic E-state index is 0.657. The highest BCUT2D eigenvalue weighted by atomic mass is 15.3. The van der Waals surface area contributed by atoms with Crippen molar-refractivity contribution in [3.63, 3.8) is 0 Å². The second-order valence-corrected chi connectivity index (χ2v) is 9.79. The maximum absolute atomic E-state index is 3.97. The third-order valence-corrected chi connectivity index (χ3v) is 7.61. The van der Waals surface area contributed by atoms with Crippen LogP contribution < -0.4 is 5.32 Å². The monoisotopic (exact) mass is 374 g/mol. The van der Waals surface area contributed by atoms with Crippen molar-refractivity contribution in [2.24, 2.45) is 23.7 Å². The van der Waals surface area contributed by atoms with Gasteiger partial charge in [0.05, 0.1) is 0 Å². The van der Waals surface area contributed by atoms with Crippen LogP contribution in [-0.4, -0.2) is 29.6 Å². The van der Waals surface area contributed by atoms with E-state index in [2.05, 4.69) is 84.7 Å². The van der Waals surface area contributed by atoms with Gasteiger partial charge in [0.25, 0.3) is 0 Å². The number of rotatable bonds is 6. The molecule has 2 aromatic carbocycles. The van der Waals surface area contributed by atoms with Gasteiger partial charge in [-0.15, -0.1) is 0 Å². The number of nitrogens with one attached hydrogen (secondary N) is 1. The van der Waals surface area contributed by atoms with Crippen LogP contribution in [0, 0.1) is 23.7 Å². The maximum atomic E-state index is 3.97. The van der Waals surface area contributed by atoms with Crippen LogP contribution in [0.5, 0.6) is 0 Å². The molecule has 4 bridgehead atoms. The molecular formula is C26H34N2. The minimum absolute atomic E-state index is 0.657. The molecule has 0 spiro atoms. The lowest BCUT2D eigenvalue weighted by atomic mass is 9.64. The molecule has 3 saturated heterocycles. The lowest BCUT2D eigenvalue weighted by Gasteiger charge is -2.50. The first-order chi connectivity index (χ1) is 13.7. The third-order valence-electron chi connectivity index (χ3n) is 7.61. The first kappa shape index (κ1) is 18.4. The normalized spacial score (nSPS) is 34.2. The van der Waals surface area contributed by atoms with Gasteiger partial charge in [-0.1, -0.05) is 74.5 Å². The molecule has 0 aromatic heterocycles. The van der Waals surface area contributed by atoms with Gasteiger partial charge in [0.2, 0.25) is 0 Å². The molecule has 2 heteroatoms. The standard InChI is InChI=1S/C26H34N2/c1-18(2)13-22-21-15-23-24(14-19-9-5-3-6-10-19)28(26(22)25(23)27-16-21)17-20-11-7-4-8-12-20/h3-12,18,21-27H,13-17H2,1-2H3. The lowest BCUT2D eigenvalue weighted by Crippen LogP contribution is -2.61. The first-order valence-electron chi connectivity index (χ1n) is 11.3. The second kappa shape index (κ2) is 7.65. The fraction of sp³-hybridized carbons (Fsp3) is 0.538. The van der Waals surface area contributed by atoms with Crippen molar-refractivity contribution >= 4 is 0 Å². The molecule has 1 N–H and O–H groups in total. The quantitative estimate of drug-likeness (QED) is 0.785. The van der Waals surface area contributed by atoms with Crippen molar-refractivity contribution in [3.8, 4) is 0 Å². The summed E-state index contributed by atoms with van der Waals surface area (Å²) in [7, 11) is 0. The van der Waals surface area contributed by atoms with Gasteiger partial charge in [-0.2, -0.15) is 0 Å². The average molecular weight is 375 g/mol. The van der Waals surface area contributed by atoms with Crippen LogP contribution in [-0.2, 0) is 13.0 Å². The van der Waals surface area contributed by atoms with Gasteiger partial charge >= 0.3 is 0 Å². The molecule has 6 unspecified atom stereocenters. The van der Waals surface area contributed by atoms with E-state index < -0.39 is 0 Å². The summed E-state index contributed by atoms with van der Waals surface area (Å²) < 4.78 is 0. The van der Waals surface area contributed by atoms with E-state index in [1.54, 1.807) is 0 Å². The van der Waals surface area contributed by atoms with Crippen LogP contribution in [0.3, 0.4) is 0 Å². The number of hydrogen-bond donors (Lipinski definition) is 1. The third kappa shape index (κ3) is 3.31. The Balaban J connectivity index is 1.48. The fourth-order valence-electron chi connectivity index (χ4n) is 6.60. The Hall–Kier alpha value is -1.64. The Morgan fingerprint density at radius 2 is 1.64 bits per heavy atom. The van der Waals surface area contributed by atoms with E-state index in [1.165, 1.54) is 36.9 Å². The van der Waals surface area contributed by atoms with Crippen molar-refractivity contribution in [2.45, 2.75) is 57.8 Å². The highest BCUT2D eigenvalue weighted by molar-refractivity contribution is 5.23. The Kier molecular flexibility index (Phi) is 5.02. The average Bonchev–Trinajstić information content (AvgIpc) is 2.95. The fourth-order valence-corrected chi connectivity index (χ4v) is 6.60.